The third kappa shape index (κ3) is 2.71. The third-order valence-electron chi connectivity index (χ3n) is 1.83. The van der Waals surface area contributed by atoms with E-state index in [0.29, 0.717) is 5.56 Å². The number of nitriles is 1. The van der Waals surface area contributed by atoms with Crippen LogP contribution in [0, 0.1) is 11.3 Å². The highest BCUT2D eigenvalue weighted by Crippen LogP contribution is 2.08. The Labute approximate surface area is 84.0 Å². The van der Waals surface area contributed by atoms with Crippen molar-refractivity contribution in [2.24, 2.45) is 5.73 Å². The van der Waals surface area contributed by atoms with E-state index in [1.807, 2.05) is 31.0 Å². The van der Waals surface area contributed by atoms with Crippen molar-refractivity contribution in [2.45, 2.75) is 13.0 Å². The second-order valence-electron chi connectivity index (χ2n) is 3.37. The van der Waals surface area contributed by atoms with Crippen LogP contribution in [0.25, 0.3) is 0 Å². The van der Waals surface area contributed by atoms with Crippen LogP contribution in [0.5, 0.6) is 0 Å². The van der Waals surface area contributed by atoms with E-state index in [4.69, 9.17) is 11.0 Å². The zero-order valence-corrected chi connectivity index (χ0v) is 8.44. The summed E-state index contributed by atoms with van der Waals surface area (Å²) in [7, 11) is 1.93. The molecule has 0 aromatic carbocycles. The average molecular weight is 190 g/mol. The van der Waals surface area contributed by atoms with Crippen LogP contribution in [0.1, 0.15) is 12.5 Å². The lowest BCUT2D eigenvalue weighted by Gasteiger charge is -2.19. The molecule has 0 saturated heterocycles. The lowest BCUT2D eigenvalue weighted by molar-refractivity contribution is 0.712. The van der Waals surface area contributed by atoms with Crippen LogP contribution in [0.15, 0.2) is 18.3 Å². The monoisotopic (exact) mass is 190 g/mol. The smallest absolute Gasteiger partial charge is 0.128 e. The van der Waals surface area contributed by atoms with Gasteiger partial charge in [0, 0.05) is 25.8 Å². The predicted octanol–water partition coefficient (Wildman–Crippen LogP) is 0.737. The number of nitrogens with two attached hydrogens (primary N) is 1. The summed E-state index contributed by atoms with van der Waals surface area (Å²) >= 11 is 0. The molecular weight excluding hydrogens is 176 g/mol. The van der Waals surface area contributed by atoms with E-state index in [9.17, 15) is 0 Å². The fourth-order valence-electron chi connectivity index (χ4n) is 1.20. The first-order chi connectivity index (χ1) is 6.63. The molecule has 74 valence electrons. The Balaban J connectivity index is 2.72. The van der Waals surface area contributed by atoms with Gasteiger partial charge in [0.1, 0.15) is 11.9 Å². The number of aromatic nitrogens is 1. The molecule has 0 fully saturated rings. The molecular formula is C10H14N4. The van der Waals surface area contributed by atoms with Crippen molar-refractivity contribution in [1.29, 1.82) is 5.26 Å². The van der Waals surface area contributed by atoms with Gasteiger partial charge in [-0.25, -0.2) is 4.98 Å². The molecule has 4 nitrogen and oxygen atoms in total. The molecule has 1 unspecified atom stereocenters. The van der Waals surface area contributed by atoms with Gasteiger partial charge in [0.25, 0.3) is 0 Å². The molecule has 1 atom stereocenters. The summed E-state index contributed by atoms with van der Waals surface area (Å²) in [6.07, 6.45) is 1.56. The lowest BCUT2D eigenvalue weighted by Crippen LogP contribution is -2.33. The van der Waals surface area contributed by atoms with Crippen molar-refractivity contribution in [3.05, 3.63) is 23.9 Å². The van der Waals surface area contributed by atoms with E-state index in [1.54, 1.807) is 12.3 Å². The van der Waals surface area contributed by atoms with E-state index in [1.165, 1.54) is 0 Å². The number of nitrogens with zero attached hydrogens (tertiary/aromatic N) is 3. The second-order valence-corrected chi connectivity index (χ2v) is 3.37. The standard InChI is InChI=1S/C10H14N4/c1-8(12)7-14(2)10-4-3-9(5-11)6-13-10/h3-4,6,8H,7,12H2,1-2H3. The molecule has 0 aliphatic rings. The van der Waals surface area contributed by atoms with Gasteiger partial charge >= 0.3 is 0 Å². The maximum atomic E-state index is 8.59. The van der Waals surface area contributed by atoms with Gasteiger partial charge in [0.15, 0.2) is 0 Å². The molecule has 0 spiro atoms. The minimum absolute atomic E-state index is 0.109. The van der Waals surface area contributed by atoms with Crippen LogP contribution in [0.4, 0.5) is 5.82 Å². The van der Waals surface area contributed by atoms with E-state index in [-0.39, 0.29) is 6.04 Å². The van der Waals surface area contributed by atoms with E-state index in [0.717, 1.165) is 12.4 Å². The van der Waals surface area contributed by atoms with Gasteiger partial charge in [-0.3, -0.25) is 0 Å². The molecule has 0 amide bonds. The van der Waals surface area contributed by atoms with Crippen molar-refractivity contribution in [1.82, 2.24) is 4.98 Å². The quantitative estimate of drug-likeness (QED) is 0.763. The Bertz CT molecular complexity index is 323. The zero-order valence-electron chi connectivity index (χ0n) is 8.44. The summed E-state index contributed by atoms with van der Waals surface area (Å²) in [5, 5.41) is 8.59. The highest BCUT2D eigenvalue weighted by molar-refractivity contribution is 5.41. The van der Waals surface area contributed by atoms with Crippen LogP contribution >= 0.6 is 0 Å². The molecule has 2 N–H and O–H groups in total. The summed E-state index contributed by atoms with van der Waals surface area (Å²) in [6, 6.07) is 5.71. The highest BCUT2D eigenvalue weighted by Gasteiger charge is 2.04. The first kappa shape index (κ1) is 10.5. The SMILES string of the molecule is CC(N)CN(C)c1ccc(C#N)cn1. The van der Waals surface area contributed by atoms with Crippen LogP contribution < -0.4 is 10.6 Å². The second kappa shape index (κ2) is 4.58. The third-order valence-corrected chi connectivity index (χ3v) is 1.83. The summed E-state index contributed by atoms with van der Waals surface area (Å²) in [6.45, 7) is 2.69. The van der Waals surface area contributed by atoms with Gasteiger partial charge in [0.2, 0.25) is 0 Å². The van der Waals surface area contributed by atoms with Crippen molar-refractivity contribution in [3.8, 4) is 6.07 Å². The Morgan fingerprint density at radius 2 is 2.36 bits per heavy atom. The van der Waals surface area contributed by atoms with Gasteiger partial charge in [-0.15, -0.1) is 0 Å². The normalized spacial score (nSPS) is 11.9. The van der Waals surface area contributed by atoms with Crippen molar-refractivity contribution in [2.75, 3.05) is 18.5 Å². The van der Waals surface area contributed by atoms with Crippen LogP contribution in [-0.4, -0.2) is 24.6 Å². The van der Waals surface area contributed by atoms with Gasteiger partial charge < -0.3 is 10.6 Å². The van der Waals surface area contributed by atoms with Gasteiger partial charge in [-0.1, -0.05) is 0 Å². The molecule has 1 heterocycles. The Kier molecular flexibility index (Phi) is 3.43. The maximum absolute atomic E-state index is 8.59. The minimum atomic E-state index is 0.109. The molecule has 0 aliphatic heterocycles. The average Bonchev–Trinajstić information content (AvgIpc) is 2.17. The summed E-state index contributed by atoms with van der Waals surface area (Å²) in [4.78, 5) is 6.11. The van der Waals surface area contributed by atoms with Gasteiger partial charge in [-0.2, -0.15) is 5.26 Å². The van der Waals surface area contributed by atoms with Gasteiger partial charge in [0.05, 0.1) is 5.56 Å². The molecule has 1 rings (SSSR count). The van der Waals surface area contributed by atoms with Crippen LogP contribution in [-0.2, 0) is 0 Å². The van der Waals surface area contributed by atoms with Crippen LogP contribution in [0.3, 0.4) is 0 Å². The summed E-state index contributed by atoms with van der Waals surface area (Å²) in [5.74, 6) is 0.835. The van der Waals surface area contributed by atoms with E-state index in [2.05, 4.69) is 4.98 Å². The number of rotatable bonds is 3. The lowest BCUT2D eigenvalue weighted by atomic mass is 10.3. The first-order valence-corrected chi connectivity index (χ1v) is 4.46. The topological polar surface area (TPSA) is 65.9 Å². The number of likely N-dealkylation sites (N-methyl/N-ethyl adjacent to an activating group) is 1. The first-order valence-electron chi connectivity index (χ1n) is 4.46. The number of hydrogen-bond acceptors (Lipinski definition) is 4. The molecule has 0 bridgehead atoms. The van der Waals surface area contributed by atoms with Crippen molar-refractivity contribution >= 4 is 5.82 Å². The van der Waals surface area contributed by atoms with E-state index >= 15 is 0 Å². The maximum Gasteiger partial charge on any atom is 0.128 e. The molecule has 0 radical (unpaired) electrons. The highest BCUT2D eigenvalue weighted by atomic mass is 15.2. The minimum Gasteiger partial charge on any atom is -0.358 e. The Hall–Kier alpha value is -1.60. The fraction of sp³-hybridized carbons (Fsp3) is 0.400. The van der Waals surface area contributed by atoms with Crippen molar-refractivity contribution < 1.29 is 0 Å². The largest absolute Gasteiger partial charge is 0.358 e. The molecule has 0 saturated carbocycles. The predicted molar refractivity (Wildman–Crippen MR) is 55.9 cm³/mol. The van der Waals surface area contributed by atoms with E-state index < -0.39 is 0 Å². The van der Waals surface area contributed by atoms with Crippen molar-refractivity contribution in [3.63, 3.8) is 0 Å². The number of anilines is 1. The molecule has 14 heavy (non-hydrogen) atoms. The zero-order chi connectivity index (χ0) is 10.6. The molecule has 0 aliphatic carbocycles. The fourth-order valence-corrected chi connectivity index (χ4v) is 1.20. The molecule has 4 heteroatoms. The molecule has 1 aromatic rings. The number of pyridine rings is 1. The Morgan fingerprint density at radius 1 is 1.64 bits per heavy atom. The molecule has 1 aromatic heterocycles. The van der Waals surface area contributed by atoms with Crippen LogP contribution in [0.2, 0.25) is 0 Å². The van der Waals surface area contributed by atoms with Gasteiger partial charge in [-0.05, 0) is 19.1 Å². The number of hydrogen-bond donors (Lipinski definition) is 1. The summed E-state index contributed by atoms with van der Waals surface area (Å²) < 4.78 is 0. The Morgan fingerprint density at radius 3 is 2.79 bits per heavy atom. The summed E-state index contributed by atoms with van der Waals surface area (Å²) in [5.41, 5.74) is 6.24.